The minimum absolute atomic E-state index is 0. The first-order valence-corrected chi connectivity index (χ1v) is 8.62. The van der Waals surface area contributed by atoms with Crippen molar-refractivity contribution in [1.29, 1.82) is 0 Å². The third kappa shape index (κ3) is 5.17. The summed E-state index contributed by atoms with van der Waals surface area (Å²) in [5, 5.41) is 4.92. The number of thiazole rings is 1. The molecule has 0 saturated carbocycles. The van der Waals surface area contributed by atoms with Crippen LogP contribution in [0.5, 0.6) is 0 Å². The van der Waals surface area contributed by atoms with Gasteiger partial charge >= 0.3 is 0 Å². The highest BCUT2D eigenvalue weighted by atomic mass is 35.5. The van der Waals surface area contributed by atoms with E-state index in [4.69, 9.17) is 5.73 Å². The molecule has 1 aliphatic heterocycles. The lowest BCUT2D eigenvalue weighted by molar-refractivity contribution is 0.121. The minimum Gasteiger partial charge on any atom is -0.375 e. The number of nitrogens with two attached hydrogens (primary N) is 1. The van der Waals surface area contributed by atoms with Gasteiger partial charge in [-0.15, -0.1) is 23.7 Å². The Bertz CT molecular complexity index is 564. The molecular formula is C15H25ClN6S. The Hall–Kier alpha value is -1.15. The lowest BCUT2D eigenvalue weighted by Crippen LogP contribution is -2.43. The third-order valence-corrected chi connectivity index (χ3v) is 5.17. The van der Waals surface area contributed by atoms with E-state index in [1.807, 2.05) is 29.3 Å². The van der Waals surface area contributed by atoms with Crippen molar-refractivity contribution in [1.82, 2.24) is 24.6 Å². The van der Waals surface area contributed by atoms with Crippen LogP contribution in [-0.4, -0.2) is 57.3 Å². The van der Waals surface area contributed by atoms with Crippen LogP contribution in [0.15, 0.2) is 24.7 Å². The number of anilines is 1. The zero-order valence-electron chi connectivity index (χ0n) is 13.5. The molecule has 2 aromatic rings. The van der Waals surface area contributed by atoms with Crippen LogP contribution < -0.4 is 5.73 Å². The zero-order valence-corrected chi connectivity index (χ0v) is 15.1. The summed E-state index contributed by atoms with van der Waals surface area (Å²) in [5.74, 6) is 0. The molecule has 128 valence electrons. The van der Waals surface area contributed by atoms with Crippen LogP contribution in [0, 0.1) is 0 Å². The normalized spacial score (nSPS) is 16.6. The molecular weight excluding hydrogens is 332 g/mol. The molecule has 3 rings (SSSR count). The maximum absolute atomic E-state index is 5.70. The summed E-state index contributed by atoms with van der Waals surface area (Å²) in [5.41, 5.74) is 5.70. The molecule has 0 spiro atoms. The lowest BCUT2D eigenvalue weighted by atomic mass is 10.0. The van der Waals surface area contributed by atoms with E-state index in [2.05, 4.69) is 26.9 Å². The summed E-state index contributed by atoms with van der Waals surface area (Å²) in [7, 11) is 2.21. The van der Waals surface area contributed by atoms with Gasteiger partial charge in [-0.1, -0.05) is 0 Å². The van der Waals surface area contributed by atoms with Crippen molar-refractivity contribution in [3.8, 4) is 0 Å². The molecule has 3 heterocycles. The Kier molecular flexibility index (Phi) is 6.83. The quantitative estimate of drug-likeness (QED) is 0.857. The van der Waals surface area contributed by atoms with Gasteiger partial charge < -0.3 is 10.6 Å². The van der Waals surface area contributed by atoms with E-state index in [0.717, 1.165) is 19.6 Å². The first-order valence-electron chi connectivity index (χ1n) is 7.81. The zero-order chi connectivity index (χ0) is 15.4. The van der Waals surface area contributed by atoms with Crippen LogP contribution in [-0.2, 0) is 13.1 Å². The lowest BCUT2D eigenvalue weighted by Gasteiger charge is -2.36. The van der Waals surface area contributed by atoms with Crippen molar-refractivity contribution >= 4 is 28.9 Å². The maximum Gasteiger partial charge on any atom is 0.180 e. The topological polar surface area (TPSA) is 63.2 Å². The van der Waals surface area contributed by atoms with E-state index in [-0.39, 0.29) is 12.4 Å². The Balaban J connectivity index is 0.00000192. The Morgan fingerprint density at radius 3 is 2.74 bits per heavy atom. The molecule has 0 unspecified atom stereocenters. The smallest absolute Gasteiger partial charge is 0.180 e. The summed E-state index contributed by atoms with van der Waals surface area (Å²) >= 11 is 1.59. The van der Waals surface area contributed by atoms with Crippen molar-refractivity contribution in [2.24, 2.45) is 0 Å². The summed E-state index contributed by atoms with van der Waals surface area (Å²) in [6, 6.07) is 2.64. The van der Waals surface area contributed by atoms with E-state index in [1.54, 1.807) is 11.3 Å². The van der Waals surface area contributed by atoms with Crippen molar-refractivity contribution in [2.75, 3.05) is 32.4 Å². The van der Waals surface area contributed by atoms with Crippen LogP contribution in [0.25, 0.3) is 0 Å². The van der Waals surface area contributed by atoms with E-state index in [0.29, 0.717) is 11.2 Å². The Labute approximate surface area is 147 Å². The number of aromatic nitrogens is 3. The molecule has 0 amide bonds. The number of nitrogens with zero attached hydrogens (tertiary/aromatic N) is 5. The number of likely N-dealkylation sites (tertiary alicyclic amines) is 1. The second-order valence-corrected chi connectivity index (χ2v) is 7.07. The van der Waals surface area contributed by atoms with Gasteiger partial charge in [0.1, 0.15) is 0 Å². The summed E-state index contributed by atoms with van der Waals surface area (Å²) in [6.07, 6.45) is 8.22. The van der Waals surface area contributed by atoms with Gasteiger partial charge in [0.15, 0.2) is 5.13 Å². The molecule has 1 aliphatic rings. The molecule has 0 bridgehead atoms. The Morgan fingerprint density at radius 2 is 2.13 bits per heavy atom. The SMILES string of the molecule is CN(Cc1cnc(N)s1)C1CCN(CCn2cccn2)CC1.Cl. The molecule has 0 atom stereocenters. The van der Waals surface area contributed by atoms with E-state index >= 15 is 0 Å². The number of piperidine rings is 1. The van der Waals surface area contributed by atoms with Gasteiger partial charge in [0, 0.05) is 42.6 Å². The fourth-order valence-corrected chi connectivity index (χ4v) is 3.78. The molecule has 2 aromatic heterocycles. The molecule has 1 fully saturated rings. The van der Waals surface area contributed by atoms with Gasteiger partial charge in [-0.25, -0.2) is 4.98 Å². The van der Waals surface area contributed by atoms with Gasteiger partial charge in [-0.3, -0.25) is 9.58 Å². The molecule has 0 radical (unpaired) electrons. The maximum atomic E-state index is 5.70. The van der Waals surface area contributed by atoms with E-state index in [9.17, 15) is 0 Å². The Morgan fingerprint density at radius 1 is 1.35 bits per heavy atom. The van der Waals surface area contributed by atoms with Gasteiger partial charge in [0.25, 0.3) is 0 Å². The van der Waals surface area contributed by atoms with Crippen molar-refractivity contribution in [2.45, 2.75) is 32.0 Å². The van der Waals surface area contributed by atoms with Crippen LogP contribution in [0.4, 0.5) is 5.13 Å². The minimum atomic E-state index is 0. The monoisotopic (exact) mass is 356 g/mol. The highest BCUT2D eigenvalue weighted by Crippen LogP contribution is 2.21. The molecule has 6 nitrogen and oxygen atoms in total. The molecule has 2 N–H and O–H groups in total. The fourth-order valence-electron chi connectivity index (χ4n) is 3.03. The summed E-state index contributed by atoms with van der Waals surface area (Å²) in [6.45, 7) is 5.35. The van der Waals surface area contributed by atoms with Gasteiger partial charge in [0.2, 0.25) is 0 Å². The van der Waals surface area contributed by atoms with Crippen molar-refractivity contribution in [3.05, 3.63) is 29.5 Å². The van der Waals surface area contributed by atoms with Crippen LogP contribution >= 0.6 is 23.7 Å². The average molecular weight is 357 g/mol. The van der Waals surface area contributed by atoms with Gasteiger partial charge in [-0.05, 0) is 39.0 Å². The predicted octanol–water partition coefficient (Wildman–Crippen LogP) is 1.94. The molecule has 0 aliphatic carbocycles. The first-order chi connectivity index (χ1) is 10.7. The van der Waals surface area contributed by atoms with Crippen LogP contribution in [0.1, 0.15) is 17.7 Å². The number of hydrogen-bond acceptors (Lipinski definition) is 6. The number of hydrogen-bond donors (Lipinski definition) is 1. The number of nitrogen functional groups attached to an aromatic ring is 1. The highest BCUT2D eigenvalue weighted by Gasteiger charge is 2.22. The van der Waals surface area contributed by atoms with Crippen molar-refractivity contribution in [3.63, 3.8) is 0 Å². The molecule has 8 heteroatoms. The van der Waals surface area contributed by atoms with Gasteiger partial charge in [0.05, 0.1) is 6.54 Å². The summed E-state index contributed by atoms with van der Waals surface area (Å²) < 4.78 is 2.01. The van der Waals surface area contributed by atoms with Crippen LogP contribution in [0.2, 0.25) is 0 Å². The fraction of sp³-hybridized carbons (Fsp3) is 0.600. The molecule has 0 aromatic carbocycles. The average Bonchev–Trinajstić information content (AvgIpc) is 3.17. The molecule has 23 heavy (non-hydrogen) atoms. The third-order valence-electron chi connectivity index (χ3n) is 4.36. The van der Waals surface area contributed by atoms with E-state index < -0.39 is 0 Å². The highest BCUT2D eigenvalue weighted by molar-refractivity contribution is 7.15. The second-order valence-electron chi connectivity index (χ2n) is 5.92. The van der Waals surface area contributed by atoms with Crippen molar-refractivity contribution < 1.29 is 0 Å². The molecule has 1 saturated heterocycles. The predicted molar refractivity (Wildman–Crippen MR) is 96.9 cm³/mol. The van der Waals surface area contributed by atoms with Gasteiger partial charge in [-0.2, -0.15) is 5.10 Å². The standard InChI is InChI=1S/C15H24N6S.ClH/c1-19(12-14-11-17-15(16)22-14)13-3-7-20(8-4-13)9-10-21-6-2-5-18-21;/h2,5-6,11,13H,3-4,7-10,12H2,1H3,(H2,16,17);1H. The van der Waals surface area contributed by atoms with Crippen LogP contribution in [0.3, 0.4) is 0 Å². The first kappa shape index (κ1) is 18.2. The largest absolute Gasteiger partial charge is 0.375 e. The second kappa shape index (κ2) is 8.63. The number of halogens is 1. The van der Waals surface area contributed by atoms with E-state index in [1.165, 1.54) is 30.8 Å². The number of rotatable bonds is 6. The summed E-state index contributed by atoms with van der Waals surface area (Å²) in [4.78, 5) is 10.4.